The fourth-order valence-electron chi connectivity index (χ4n) is 1.98. The van der Waals surface area contributed by atoms with E-state index in [0.29, 0.717) is 0 Å². The van der Waals surface area contributed by atoms with Crippen LogP contribution in [0.3, 0.4) is 0 Å². The highest BCUT2D eigenvalue weighted by atomic mass is 16.6. The van der Waals surface area contributed by atoms with E-state index in [4.69, 9.17) is 14.7 Å². The van der Waals surface area contributed by atoms with Crippen molar-refractivity contribution in [3.8, 4) is 6.07 Å². The third-order valence-corrected chi connectivity index (χ3v) is 2.68. The molecule has 2 aliphatic heterocycles. The van der Waals surface area contributed by atoms with Crippen LogP contribution < -0.4 is 0 Å². The van der Waals surface area contributed by atoms with Gasteiger partial charge in [0.05, 0.1) is 24.9 Å². The molecule has 12 heavy (non-hydrogen) atoms. The zero-order valence-electron chi connectivity index (χ0n) is 7.41. The van der Waals surface area contributed by atoms with Crippen LogP contribution in [0.25, 0.3) is 0 Å². The van der Waals surface area contributed by atoms with E-state index < -0.39 is 0 Å². The second-order valence-corrected chi connectivity index (χ2v) is 4.25. The zero-order valence-corrected chi connectivity index (χ0v) is 7.41. The first kappa shape index (κ1) is 8.03. The fourth-order valence-corrected chi connectivity index (χ4v) is 1.98. The SMILES string of the molecule is CC1(C)COC2CC(C#N)OC21. The van der Waals surface area contributed by atoms with Crippen molar-refractivity contribution < 1.29 is 9.47 Å². The van der Waals surface area contributed by atoms with Crippen LogP contribution in [0.2, 0.25) is 0 Å². The molecule has 0 spiro atoms. The van der Waals surface area contributed by atoms with Gasteiger partial charge in [-0.3, -0.25) is 0 Å². The van der Waals surface area contributed by atoms with E-state index in [1.54, 1.807) is 0 Å². The first-order chi connectivity index (χ1) is 5.63. The van der Waals surface area contributed by atoms with E-state index in [1.807, 2.05) is 0 Å². The third kappa shape index (κ3) is 1.03. The van der Waals surface area contributed by atoms with E-state index in [9.17, 15) is 0 Å². The van der Waals surface area contributed by atoms with Gasteiger partial charge in [0.1, 0.15) is 6.10 Å². The molecule has 0 aliphatic carbocycles. The van der Waals surface area contributed by atoms with Gasteiger partial charge in [0.2, 0.25) is 0 Å². The van der Waals surface area contributed by atoms with E-state index >= 15 is 0 Å². The Hall–Kier alpha value is -0.590. The van der Waals surface area contributed by atoms with Gasteiger partial charge in [-0.15, -0.1) is 0 Å². The Morgan fingerprint density at radius 3 is 2.83 bits per heavy atom. The van der Waals surface area contributed by atoms with Gasteiger partial charge in [0.25, 0.3) is 0 Å². The lowest BCUT2D eigenvalue weighted by Crippen LogP contribution is -2.30. The van der Waals surface area contributed by atoms with Crippen LogP contribution >= 0.6 is 0 Å². The minimum absolute atomic E-state index is 0.0796. The fraction of sp³-hybridized carbons (Fsp3) is 0.889. The molecule has 0 bridgehead atoms. The Morgan fingerprint density at radius 1 is 1.50 bits per heavy atom. The third-order valence-electron chi connectivity index (χ3n) is 2.68. The molecule has 66 valence electrons. The largest absolute Gasteiger partial charge is 0.375 e. The van der Waals surface area contributed by atoms with Crippen LogP contribution in [-0.4, -0.2) is 24.9 Å². The van der Waals surface area contributed by atoms with Crippen molar-refractivity contribution in [3.63, 3.8) is 0 Å². The molecular weight excluding hydrogens is 154 g/mol. The summed E-state index contributed by atoms with van der Waals surface area (Å²) in [5.41, 5.74) is 0.0796. The van der Waals surface area contributed by atoms with Gasteiger partial charge < -0.3 is 9.47 Å². The normalized spacial score (nSPS) is 43.9. The topological polar surface area (TPSA) is 42.2 Å². The molecule has 0 N–H and O–H groups in total. The molecule has 0 amide bonds. The molecule has 2 saturated heterocycles. The zero-order chi connectivity index (χ0) is 8.77. The molecule has 0 aromatic heterocycles. The number of hydrogen-bond acceptors (Lipinski definition) is 3. The Morgan fingerprint density at radius 2 is 2.25 bits per heavy atom. The number of rotatable bonds is 0. The number of nitrogens with zero attached hydrogens (tertiary/aromatic N) is 1. The smallest absolute Gasteiger partial charge is 0.147 e. The summed E-state index contributed by atoms with van der Waals surface area (Å²) in [6, 6.07) is 2.13. The van der Waals surface area contributed by atoms with Crippen molar-refractivity contribution in [2.75, 3.05) is 6.61 Å². The molecule has 0 aromatic rings. The predicted molar refractivity (Wildman–Crippen MR) is 42.4 cm³/mol. The van der Waals surface area contributed by atoms with Gasteiger partial charge in [0.15, 0.2) is 0 Å². The standard InChI is InChI=1S/C9H13NO2/c1-9(2)5-11-7-3-6(4-10)12-8(7)9/h6-8H,3,5H2,1-2H3. The van der Waals surface area contributed by atoms with Crippen molar-refractivity contribution in [2.24, 2.45) is 5.41 Å². The molecular formula is C9H13NO2. The lowest BCUT2D eigenvalue weighted by molar-refractivity contribution is 0.0138. The summed E-state index contributed by atoms with van der Waals surface area (Å²) in [7, 11) is 0. The van der Waals surface area contributed by atoms with Gasteiger partial charge in [-0.05, 0) is 0 Å². The quantitative estimate of drug-likeness (QED) is 0.542. The van der Waals surface area contributed by atoms with Gasteiger partial charge in [-0.2, -0.15) is 5.26 Å². The number of hydrogen-bond donors (Lipinski definition) is 0. The summed E-state index contributed by atoms with van der Waals surface area (Å²) >= 11 is 0. The Labute approximate surface area is 72.3 Å². The lowest BCUT2D eigenvalue weighted by atomic mass is 9.87. The Bertz CT molecular complexity index is 231. The summed E-state index contributed by atoms with van der Waals surface area (Å²) in [6.07, 6.45) is 0.774. The van der Waals surface area contributed by atoms with Gasteiger partial charge in [-0.25, -0.2) is 0 Å². The molecule has 0 aromatic carbocycles. The van der Waals surface area contributed by atoms with Gasteiger partial charge in [0, 0.05) is 11.8 Å². The molecule has 3 heteroatoms. The van der Waals surface area contributed by atoms with Crippen LogP contribution in [0.4, 0.5) is 0 Å². The highest BCUT2D eigenvalue weighted by Gasteiger charge is 2.50. The molecule has 0 saturated carbocycles. The maximum absolute atomic E-state index is 8.66. The van der Waals surface area contributed by atoms with Crippen LogP contribution in [-0.2, 0) is 9.47 Å². The molecule has 0 radical (unpaired) electrons. The van der Waals surface area contributed by atoms with Crippen molar-refractivity contribution in [2.45, 2.75) is 38.6 Å². The second-order valence-electron chi connectivity index (χ2n) is 4.25. The van der Waals surface area contributed by atoms with Crippen LogP contribution in [0, 0.1) is 16.7 Å². The molecule has 2 aliphatic rings. The highest BCUT2D eigenvalue weighted by Crippen LogP contribution is 2.41. The minimum atomic E-state index is -0.250. The van der Waals surface area contributed by atoms with Gasteiger partial charge in [-0.1, -0.05) is 13.8 Å². The monoisotopic (exact) mass is 167 g/mol. The summed E-state index contributed by atoms with van der Waals surface area (Å²) < 4.78 is 11.1. The lowest BCUT2D eigenvalue weighted by Gasteiger charge is -2.22. The van der Waals surface area contributed by atoms with Crippen molar-refractivity contribution >= 4 is 0 Å². The molecule has 3 nitrogen and oxygen atoms in total. The van der Waals surface area contributed by atoms with Crippen molar-refractivity contribution in [3.05, 3.63) is 0 Å². The minimum Gasteiger partial charge on any atom is -0.375 e. The van der Waals surface area contributed by atoms with E-state index in [2.05, 4.69) is 19.9 Å². The number of fused-ring (bicyclic) bond motifs is 1. The molecule has 3 unspecified atom stereocenters. The molecule has 2 rings (SSSR count). The summed E-state index contributed by atoms with van der Waals surface area (Å²) in [6.45, 7) is 5.00. The highest BCUT2D eigenvalue weighted by molar-refractivity contribution is 5.02. The van der Waals surface area contributed by atoms with E-state index in [-0.39, 0.29) is 23.7 Å². The molecule has 3 atom stereocenters. The van der Waals surface area contributed by atoms with Gasteiger partial charge >= 0.3 is 0 Å². The first-order valence-corrected chi connectivity index (χ1v) is 4.30. The number of ether oxygens (including phenoxy) is 2. The van der Waals surface area contributed by atoms with Crippen LogP contribution in [0.1, 0.15) is 20.3 Å². The average molecular weight is 167 g/mol. The van der Waals surface area contributed by atoms with Crippen LogP contribution in [0.15, 0.2) is 0 Å². The summed E-state index contributed by atoms with van der Waals surface area (Å²) in [5, 5.41) is 8.66. The van der Waals surface area contributed by atoms with E-state index in [1.165, 1.54) is 0 Å². The van der Waals surface area contributed by atoms with Crippen LogP contribution in [0.5, 0.6) is 0 Å². The van der Waals surface area contributed by atoms with E-state index in [0.717, 1.165) is 13.0 Å². The Kier molecular flexibility index (Phi) is 1.64. The maximum Gasteiger partial charge on any atom is 0.147 e. The molecule has 2 fully saturated rings. The predicted octanol–water partition coefficient (Wildman–Crippen LogP) is 1.09. The molecule has 2 heterocycles. The second kappa shape index (κ2) is 2.45. The average Bonchev–Trinajstić information content (AvgIpc) is 2.53. The summed E-state index contributed by atoms with van der Waals surface area (Å²) in [5.74, 6) is 0. The van der Waals surface area contributed by atoms with Crippen molar-refractivity contribution in [1.29, 1.82) is 5.26 Å². The van der Waals surface area contributed by atoms with Crippen molar-refractivity contribution in [1.82, 2.24) is 0 Å². The Balaban J connectivity index is 2.13. The maximum atomic E-state index is 8.66. The summed E-state index contributed by atoms with van der Waals surface area (Å²) in [4.78, 5) is 0. The number of nitriles is 1. The first-order valence-electron chi connectivity index (χ1n) is 4.30.